The van der Waals surface area contributed by atoms with Gasteiger partial charge in [0.15, 0.2) is 9.84 Å². The van der Waals surface area contributed by atoms with Gasteiger partial charge in [0.05, 0.1) is 23.9 Å². The molecule has 4 rings (SSSR count). The van der Waals surface area contributed by atoms with Crippen molar-refractivity contribution in [1.29, 1.82) is 0 Å². The maximum absolute atomic E-state index is 13.1. The van der Waals surface area contributed by atoms with Crippen molar-refractivity contribution in [3.8, 4) is 5.75 Å². The minimum absolute atomic E-state index is 0.00788. The van der Waals surface area contributed by atoms with E-state index in [2.05, 4.69) is 10.6 Å². The van der Waals surface area contributed by atoms with Crippen LogP contribution in [0.4, 0.5) is 4.39 Å². The molecule has 0 radical (unpaired) electrons. The Balaban J connectivity index is 1.49. The second-order valence-electron chi connectivity index (χ2n) is 8.45. The van der Waals surface area contributed by atoms with Gasteiger partial charge in [-0.25, -0.2) is 12.8 Å². The molecular formula is C27H27FN2O6S. The predicted molar refractivity (Wildman–Crippen MR) is 135 cm³/mol. The smallest absolute Gasteiger partial charge is 0.251 e. The molecule has 37 heavy (non-hydrogen) atoms. The molecule has 10 heteroatoms. The van der Waals surface area contributed by atoms with E-state index in [1.807, 2.05) is 6.07 Å². The Labute approximate surface area is 214 Å². The van der Waals surface area contributed by atoms with Crippen molar-refractivity contribution >= 4 is 21.7 Å². The predicted octanol–water partition coefficient (Wildman–Crippen LogP) is 2.76. The molecule has 0 spiro atoms. The summed E-state index contributed by atoms with van der Waals surface area (Å²) in [6.45, 7) is 1.28. The molecule has 0 unspecified atom stereocenters. The Morgan fingerprint density at radius 1 is 1.00 bits per heavy atom. The molecule has 0 saturated heterocycles. The van der Waals surface area contributed by atoms with Gasteiger partial charge in [0.1, 0.15) is 18.2 Å². The molecule has 1 aliphatic rings. The molecule has 1 heterocycles. The number of hydrogen-bond donors (Lipinski definition) is 2. The molecule has 2 bridgehead atoms. The Hall–Kier alpha value is -3.76. The Morgan fingerprint density at radius 3 is 2.62 bits per heavy atom. The van der Waals surface area contributed by atoms with Crippen LogP contribution in [0.25, 0.3) is 0 Å². The standard InChI is InChI=1S/C27H27FN2O6S/c28-23-5-7-24(8-6-23)37(33,34)15-11-30-27(32)21-4-9-25-22(18-21)17-19-2-1-3-20(16-19)26(31)29-10-12-35-13-14-36-25/h1-9,16,18H,10-15,17H2,(H,29,31)(H,30,32). The number of benzene rings is 3. The summed E-state index contributed by atoms with van der Waals surface area (Å²) in [5.74, 6) is -0.893. The highest BCUT2D eigenvalue weighted by Gasteiger charge is 2.17. The molecular weight excluding hydrogens is 499 g/mol. The quantitative estimate of drug-likeness (QED) is 0.495. The van der Waals surface area contributed by atoms with Crippen LogP contribution in [0.2, 0.25) is 0 Å². The van der Waals surface area contributed by atoms with Gasteiger partial charge in [-0.15, -0.1) is 0 Å². The van der Waals surface area contributed by atoms with Crippen LogP contribution in [0.3, 0.4) is 0 Å². The van der Waals surface area contributed by atoms with Crippen molar-refractivity contribution in [2.24, 2.45) is 0 Å². The summed E-state index contributed by atoms with van der Waals surface area (Å²) in [7, 11) is -3.68. The van der Waals surface area contributed by atoms with Gasteiger partial charge in [-0.1, -0.05) is 12.1 Å². The SMILES string of the molecule is O=C1NCCOCCOc2ccc(C(=O)NCCS(=O)(=O)c3ccc(F)cc3)cc2Cc2cccc1c2. The molecule has 0 aromatic heterocycles. The van der Waals surface area contributed by atoms with E-state index in [1.54, 1.807) is 36.4 Å². The van der Waals surface area contributed by atoms with Crippen molar-refractivity contribution in [2.45, 2.75) is 11.3 Å². The van der Waals surface area contributed by atoms with E-state index in [0.717, 1.165) is 23.3 Å². The first-order chi connectivity index (χ1) is 17.8. The van der Waals surface area contributed by atoms with Crippen LogP contribution in [0.1, 0.15) is 31.8 Å². The first-order valence-corrected chi connectivity index (χ1v) is 13.4. The molecule has 2 amide bonds. The van der Waals surface area contributed by atoms with Gasteiger partial charge in [0.25, 0.3) is 11.8 Å². The van der Waals surface area contributed by atoms with Crippen LogP contribution < -0.4 is 15.4 Å². The minimum atomic E-state index is -3.68. The van der Waals surface area contributed by atoms with Crippen molar-refractivity contribution in [3.63, 3.8) is 0 Å². The fourth-order valence-electron chi connectivity index (χ4n) is 3.85. The molecule has 3 aromatic rings. The van der Waals surface area contributed by atoms with E-state index in [-0.39, 0.29) is 23.1 Å². The number of sulfone groups is 1. The van der Waals surface area contributed by atoms with Crippen molar-refractivity contribution < 1.29 is 31.9 Å². The summed E-state index contributed by atoms with van der Waals surface area (Å²) >= 11 is 0. The molecule has 3 aromatic carbocycles. The first-order valence-electron chi connectivity index (χ1n) is 11.8. The highest BCUT2D eigenvalue weighted by molar-refractivity contribution is 7.91. The van der Waals surface area contributed by atoms with Gasteiger partial charge < -0.3 is 20.1 Å². The van der Waals surface area contributed by atoms with Crippen LogP contribution in [-0.2, 0) is 21.0 Å². The Morgan fingerprint density at radius 2 is 1.81 bits per heavy atom. The van der Waals surface area contributed by atoms with Crippen LogP contribution in [-0.4, -0.2) is 58.9 Å². The molecule has 0 atom stereocenters. The van der Waals surface area contributed by atoms with Gasteiger partial charge in [-0.3, -0.25) is 9.59 Å². The lowest BCUT2D eigenvalue weighted by Crippen LogP contribution is -2.29. The van der Waals surface area contributed by atoms with Crippen LogP contribution in [0, 0.1) is 5.82 Å². The number of nitrogens with one attached hydrogen (secondary N) is 2. The van der Waals surface area contributed by atoms with E-state index < -0.39 is 21.6 Å². The third-order valence-corrected chi connectivity index (χ3v) is 7.48. The third kappa shape index (κ3) is 7.14. The van der Waals surface area contributed by atoms with Gasteiger partial charge in [-0.2, -0.15) is 0 Å². The zero-order valence-corrected chi connectivity index (χ0v) is 20.9. The maximum Gasteiger partial charge on any atom is 0.251 e. The highest BCUT2D eigenvalue weighted by atomic mass is 32.2. The van der Waals surface area contributed by atoms with E-state index in [9.17, 15) is 22.4 Å². The molecule has 2 N–H and O–H groups in total. The van der Waals surface area contributed by atoms with E-state index in [1.165, 1.54) is 12.1 Å². The topological polar surface area (TPSA) is 111 Å². The second-order valence-corrected chi connectivity index (χ2v) is 10.6. The maximum atomic E-state index is 13.1. The summed E-state index contributed by atoms with van der Waals surface area (Å²) in [5, 5.41) is 5.45. The van der Waals surface area contributed by atoms with E-state index in [4.69, 9.17) is 9.47 Å². The summed E-state index contributed by atoms with van der Waals surface area (Å²) in [4.78, 5) is 25.2. The van der Waals surface area contributed by atoms with Crippen molar-refractivity contribution in [2.75, 3.05) is 38.7 Å². The number of fused-ring (bicyclic) bond motifs is 3. The first kappa shape index (κ1) is 26.3. The Bertz CT molecular complexity index is 1380. The molecule has 0 fully saturated rings. The lowest BCUT2D eigenvalue weighted by molar-refractivity contribution is 0.0865. The molecule has 8 nitrogen and oxygen atoms in total. The zero-order chi connectivity index (χ0) is 26.3. The van der Waals surface area contributed by atoms with Crippen LogP contribution in [0.15, 0.2) is 71.6 Å². The fraction of sp³-hybridized carbons (Fsp3) is 0.259. The summed E-state index contributed by atoms with van der Waals surface area (Å²) < 4.78 is 49.4. The number of carbonyl (C=O) groups is 2. The minimum Gasteiger partial charge on any atom is -0.491 e. The molecule has 194 valence electrons. The third-order valence-electron chi connectivity index (χ3n) is 5.75. The number of halogens is 1. The second kappa shape index (κ2) is 12.0. The normalized spacial score (nSPS) is 14.5. The van der Waals surface area contributed by atoms with Crippen LogP contribution in [0.5, 0.6) is 5.75 Å². The monoisotopic (exact) mass is 526 g/mol. The average molecular weight is 527 g/mol. The number of carbonyl (C=O) groups excluding carboxylic acids is 2. The van der Waals surface area contributed by atoms with Gasteiger partial charge in [0, 0.05) is 30.6 Å². The van der Waals surface area contributed by atoms with E-state index >= 15 is 0 Å². The summed E-state index contributed by atoms with van der Waals surface area (Å²) in [5.41, 5.74) is 2.47. The fourth-order valence-corrected chi connectivity index (χ4v) is 5.01. The average Bonchev–Trinajstić information content (AvgIpc) is 2.88. The summed E-state index contributed by atoms with van der Waals surface area (Å²) in [6, 6.07) is 16.8. The van der Waals surface area contributed by atoms with Crippen molar-refractivity contribution in [3.05, 3.63) is 94.8 Å². The van der Waals surface area contributed by atoms with Gasteiger partial charge >= 0.3 is 0 Å². The molecule has 0 aliphatic carbocycles. The van der Waals surface area contributed by atoms with E-state index in [0.29, 0.717) is 49.7 Å². The number of hydrogen-bond acceptors (Lipinski definition) is 6. The summed E-state index contributed by atoms with van der Waals surface area (Å²) in [6.07, 6.45) is 0.414. The number of amides is 2. The number of ether oxygens (including phenoxy) is 2. The largest absolute Gasteiger partial charge is 0.491 e. The van der Waals surface area contributed by atoms with Gasteiger partial charge in [-0.05, 0) is 65.7 Å². The van der Waals surface area contributed by atoms with Gasteiger partial charge in [0.2, 0.25) is 0 Å². The zero-order valence-electron chi connectivity index (χ0n) is 20.0. The van der Waals surface area contributed by atoms with Crippen molar-refractivity contribution in [1.82, 2.24) is 10.6 Å². The lowest BCUT2D eigenvalue weighted by Gasteiger charge is -2.15. The lowest BCUT2D eigenvalue weighted by atomic mass is 9.99. The molecule has 0 saturated carbocycles. The van der Waals surface area contributed by atoms with Crippen LogP contribution >= 0.6 is 0 Å². The highest BCUT2D eigenvalue weighted by Crippen LogP contribution is 2.24. The number of rotatable bonds is 5. The molecule has 1 aliphatic heterocycles. The Kier molecular flexibility index (Phi) is 8.52.